The van der Waals surface area contributed by atoms with Crippen LogP contribution in [0.1, 0.15) is 18.3 Å². The van der Waals surface area contributed by atoms with Crippen molar-refractivity contribution in [2.75, 3.05) is 6.61 Å². The van der Waals surface area contributed by atoms with Gasteiger partial charge in [0.05, 0.1) is 12.3 Å². The van der Waals surface area contributed by atoms with E-state index in [-0.39, 0.29) is 25.1 Å². The van der Waals surface area contributed by atoms with E-state index in [9.17, 15) is 4.79 Å². The monoisotopic (exact) mass is 211 g/mol. The number of hydrogen-bond donors (Lipinski definition) is 2. The Hall–Kier alpha value is -1.36. The van der Waals surface area contributed by atoms with Crippen molar-refractivity contribution in [2.45, 2.75) is 33.4 Å². The molecule has 0 aromatic carbocycles. The topological polar surface area (TPSA) is 67.2 Å². The Balaban J connectivity index is 2.55. The fourth-order valence-electron chi connectivity index (χ4n) is 1.34. The Kier molecular flexibility index (Phi) is 3.85. The van der Waals surface area contributed by atoms with E-state index in [1.165, 1.54) is 0 Å². The van der Waals surface area contributed by atoms with Crippen molar-refractivity contribution < 1.29 is 9.90 Å². The Morgan fingerprint density at radius 1 is 1.67 bits per heavy atom. The molecule has 0 saturated heterocycles. The molecule has 84 valence electrons. The Morgan fingerprint density at radius 3 is 2.80 bits per heavy atom. The Labute approximate surface area is 89.1 Å². The lowest BCUT2D eigenvalue weighted by atomic mass is 10.3. The summed E-state index contributed by atoms with van der Waals surface area (Å²) in [5.41, 5.74) is 1.86. The largest absolute Gasteiger partial charge is 0.394 e. The molecular formula is C10H17N3O2. The van der Waals surface area contributed by atoms with E-state index in [1.54, 1.807) is 11.6 Å². The molecule has 0 aliphatic rings. The average Bonchev–Trinajstić information content (AvgIpc) is 2.44. The van der Waals surface area contributed by atoms with Gasteiger partial charge in [0.25, 0.3) is 0 Å². The SMILES string of the molecule is Cc1cc(C)n(CC(=O)NC(C)CO)n1. The Bertz CT molecular complexity index is 346. The molecule has 0 aliphatic heterocycles. The first-order chi connectivity index (χ1) is 7.02. The molecule has 5 heteroatoms. The number of hydrogen-bond acceptors (Lipinski definition) is 3. The maximum absolute atomic E-state index is 11.5. The highest BCUT2D eigenvalue weighted by Gasteiger charge is 2.09. The van der Waals surface area contributed by atoms with Gasteiger partial charge in [0.1, 0.15) is 6.54 Å². The number of amides is 1. The highest BCUT2D eigenvalue weighted by molar-refractivity contribution is 5.76. The second-order valence-corrected chi connectivity index (χ2v) is 3.74. The van der Waals surface area contributed by atoms with Crippen molar-refractivity contribution in [3.63, 3.8) is 0 Å². The van der Waals surface area contributed by atoms with Crippen molar-refractivity contribution in [3.8, 4) is 0 Å². The van der Waals surface area contributed by atoms with Crippen LogP contribution in [0.4, 0.5) is 0 Å². The first-order valence-electron chi connectivity index (χ1n) is 4.94. The highest BCUT2D eigenvalue weighted by Crippen LogP contribution is 2.01. The molecule has 0 saturated carbocycles. The molecule has 0 bridgehead atoms. The van der Waals surface area contributed by atoms with Crippen molar-refractivity contribution in [1.82, 2.24) is 15.1 Å². The van der Waals surface area contributed by atoms with E-state index in [2.05, 4.69) is 10.4 Å². The van der Waals surface area contributed by atoms with Gasteiger partial charge >= 0.3 is 0 Å². The average molecular weight is 211 g/mol. The summed E-state index contributed by atoms with van der Waals surface area (Å²) in [6.07, 6.45) is 0. The summed E-state index contributed by atoms with van der Waals surface area (Å²) < 4.78 is 1.65. The minimum atomic E-state index is -0.213. The van der Waals surface area contributed by atoms with Crippen LogP contribution in [0.15, 0.2) is 6.07 Å². The second kappa shape index (κ2) is 4.93. The number of carbonyl (C=O) groups is 1. The van der Waals surface area contributed by atoms with Crippen LogP contribution in [0.5, 0.6) is 0 Å². The van der Waals surface area contributed by atoms with Crippen LogP contribution in [-0.4, -0.2) is 33.4 Å². The van der Waals surface area contributed by atoms with E-state index in [1.807, 2.05) is 19.9 Å². The Morgan fingerprint density at radius 2 is 2.33 bits per heavy atom. The van der Waals surface area contributed by atoms with Crippen LogP contribution in [-0.2, 0) is 11.3 Å². The number of aromatic nitrogens is 2. The lowest BCUT2D eigenvalue weighted by Gasteiger charge is -2.11. The van der Waals surface area contributed by atoms with Crippen molar-refractivity contribution in [1.29, 1.82) is 0 Å². The third-order valence-corrected chi connectivity index (χ3v) is 2.08. The number of aliphatic hydroxyl groups is 1. The van der Waals surface area contributed by atoms with Gasteiger partial charge in [0, 0.05) is 11.7 Å². The molecular weight excluding hydrogens is 194 g/mol. The van der Waals surface area contributed by atoms with Crippen LogP contribution in [0.3, 0.4) is 0 Å². The minimum Gasteiger partial charge on any atom is -0.394 e. The first-order valence-corrected chi connectivity index (χ1v) is 4.94. The number of carbonyl (C=O) groups excluding carboxylic acids is 1. The predicted molar refractivity (Wildman–Crippen MR) is 56.4 cm³/mol. The molecule has 1 amide bonds. The number of nitrogens with one attached hydrogen (secondary N) is 1. The van der Waals surface area contributed by atoms with Crippen LogP contribution in [0, 0.1) is 13.8 Å². The first kappa shape index (κ1) is 11.7. The summed E-state index contributed by atoms with van der Waals surface area (Å²) in [4.78, 5) is 11.5. The van der Waals surface area contributed by atoms with E-state index in [4.69, 9.17) is 5.11 Å². The smallest absolute Gasteiger partial charge is 0.242 e. The zero-order chi connectivity index (χ0) is 11.4. The van der Waals surface area contributed by atoms with E-state index in [0.29, 0.717) is 0 Å². The number of nitrogens with zero attached hydrogens (tertiary/aromatic N) is 2. The maximum atomic E-state index is 11.5. The summed E-state index contributed by atoms with van der Waals surface area (Å²) in [5, 5.41) is 15.6. The summed E-state index contributed by atoms with van der Waals surface area (Å²) in [6, 6.07) is 1.71. The molecule has 0 spiro atoms. The summed E-state index contributed by atoms with van der Waals surface area (Å²) >= 11 is 0. The van der Waals surface area contributed by atoms with Crippen LogP contribution in [0.2, 0.25) is 0 Å². The number of aliphatic hydroxyl groups excluding tert-OH is 1. The molecule has 1 atom stereocenters. The fraction of sp³-hybridized carbons (Fsp3) is 0.600. The fourth-order valence-corrected chi connectivity index (χ4v) is 1.34. The maximum Gasteiger partial charge on any atom is 0.242 e. The second-order valence-electron chi connectivity index (χ2n) is 3.74. The van der Waals surface area contributed by atoms with Gasteiger partial charge in [-0.15, -0.1) is 0 Å². The van der Waals surface area contributed by atoms with Crippen LogP contribution >= 0.6 is 0 Å². The molecule has 1 aromatic rings. The van der Waals surface area contributed by atoms with Crippen molar-refractivity contribution in [3.05, 3.63) is 17.5 Å². The molecule has 0 radical (unpaired) electrons. The van der Waals surface area contributed by atoms with Crippen molar-refractivity contribution >= 4 is 5.91 Å². The normalized spacial score (nSPS) is 12.5. The van der Waals surface area contributed by atoms with Crippen LogP contribution < -0.4 is 5.32 Å². The van der Waals surface area contributed by atoms with Gasteiger partial charge in [-0.1, -0.05) is 0 Å². The summed E-state index contributed by atoms with van der Waals surface area (Å²) in [6.45, 7) is 5.69. The molecule has 0 fully saturated rings. The third-order valence-electron chi connectivity index (χ3n) is 2.08. The summed E-state index contributed by atoms with van der Waals surface area (Å²) in [5.74, 6) is -0.136. The molecule has 5 nitrogen and oxygen atoms in total. The minimum absolute atomic E-state index is 0.0527. The predicted octanol–water partition coefficient (Wildman–Crippen LogP) is -0.00306. The number of rotatable bonds is 4. The zero-order valence-electron chi connectivity index (χ0n) is 9.32. The van der Waals surface area contributed by atoms with E-state index >= 15 is 0 Å². The number of aryl methyl sites for hydroxylation is 2. The van der Waals surface area contributed by atoms with Gasteiger partial charge in [-0.25, -0.2) is 0 Å². The highest BCUT2D eigenvalue weighted by atomic mass is 16.3. The standard InChI is InChI=1S/C10H17N3O2/c1-7-4-9(3)13(12-7)5-10(15)11-8(2)6-14/h4,8,14H,5-6H2,1-3H3,(H,11,15). The molecule has 1 aromatic heterocycles. The van der Waals surface area contributed by atoms with Gasteiger partial charge in [0.2, 0.25) is 5.91 Å². The van der Waals surface area contributed by atoms with Crippen molar-refractivity contribution in [2.24, 2.45) is 0 Å². The van der Waals surface area contributed by atoms with E-state index in [0.717, 1.165) is 11.4 Å². The zero-order valence-corrected chi connectivity index (χ0v) is 9.32. The third kappa shape index (κ3) is 3.36. The van der Waals surface area contributed by atoms with Gasteiger partial charge in [-0.3, -0.25) is 9.48 Å². The van der Waals surface area contributed by atoms with Crippen LogP contribution in [0.25, 0.3) is 0 Å². The lowest BCUT2D eigenvalue weighted by Crippen LogP contribution is -2.37. The molecule has 0 aliphatic carbocycles. The van der Waals surface area contributed by atoms with Gasteiger partial charge in [0.15, 0.2) is 0 Å². The molecule has 1 unspecified atom stereocenters. The molecule has 15 heavy (non-hydrogen) atoms. The van der Waals surface area contributed by atoms with Gasteiger partial charge in [-0.05, 0) is 26.8 Å². The molecule has 1 rings (SSSR count). The quantitative estimate of drug-likeness (QED) is 0.736. The lowest BCUT2D eigenvalue weighted by molar-refractivity contribution is -0.122. The van der Waals surface area contributed by atoms with Gasteiger partial charge in [-0.2, -0.15) is 5.10 Å². The summed E-state index contributed by atoms with van der Waals surface area (Å²) in [7, 11) is 0. The molecule has 1 heterocycles. The van der Waals surface area contributed by atoms with E-state index < -0.39 is 0 Å². The molecule has 2 N–H and O–H groups in total. The van der Waals surface area contributed by atoms with Gasteiger partial charge < -0.3 is 10.4 Å².